The van der Waals surface area contributed by atoms with E-state index in [0.717, 1.165) is 26.5 Å². The monoisotopic (exact) mass is 378 g/mol. The molecule has 3 aliphatic heterocycles. The Hall–Kier alpha value is -3.09. The van der Waals surface area contributed by atoms with E-state index in [1.54, 1.807) is 11.9 Å². The zero-order chi connectivity index (χ0) is 20.2. The molecule has 3 aromatic rings. The molecular formula is C21H22N4O3. The molecule has 7 heteroatoms. The fourth-order valence-corrected chi connectivity index (χ4v) is 5.17. The lowest BCUT2D eigenvalue weighted by atomic mass is 9.63. The minimum atomic E-state index is -1.32. The number of benzene rings is 2. The van der Waals surface area contributed by atoms with Crippen molar-refractivity contribution in [3.8, 4) is 0 Å². The summed E-state index contributed by atoms with van der Waals surface area (Å²) < 4.78 is 3.96. The van der Waals surface area contributed by atoms with E-state index in [9.17, 15) is 14.4 Å². The SMILES string of the molecule is CN1C(=O)C2(C(C)(C)C)c3c(ccc4ccccc34)C1n1c(=O)n(C)c(=O)n12. The Kier molecular flexibility index (Phi) is 2.95. The summed E-state index contributed by atoms with van der Waals surface area (Å²) in [5, 5.41) is 1.95. The van der Waals surface area contributed by atoms with Crippen LogP contribution in [0.25, 0.3) is 10.8 Å². The lowest BCUT2D eigenvalue weighted by molar-refractivity contribution is -0.158. The Labute approximate surface area is 161 Å². The van der Waals surface area contributed by atoms with Crippen LogP contribution in [-0.4, -0.2) is 31.8 Å². The lowest BCUT2D eigenvalue weighted by Gasteiger charge is -2.57. The molecule has 0 radical (unpaired) electrons. The van der Waals surface area contributed by atoms with Crippen LogP contribution in [0.5, 0.6) is 0 Å². The van der Waals surface area contributed by atoms with Crippen molar-refractivity contribution in [3.63, 3.8) is 0 Å². The molecule has 1 aromatic heterocycles. The van der Waals surface area contributed by atoms with Crippen LogP contribution in [0.15, 0.2) is 46.0 Å². The molecule has 28 heavy (non-hydrogen) atoms. The van der Waals surface area contributed by atoms with Gasteiger partial charge in [0.05, 0.1) is 0 Å². The van der Waals surface area contributed by atoms with Gasteiger partial charge in [-0.05, 0) is 10.8 Å². The number of hydrogen-bond donors (Lipinski definition) is 0. The number of nitrogens with zero attached hydrogens (tertiary/aromatic N) is 4. The zero-order valence-electron chi connectivity index (χ0n) is 16.6. The maximum atomic E-state index is 13.8. The van der Waals surface area contributed by atoms with Crippen LogP contribution in [0.3, 0.4) is 0 Å². The number of rotatable bonds is 0. The third kappa shape index (κ3) is 1.56. The Morgan fingerprint density at radius 2 is 1.61 bits per heavy atom. The van der Waals surface area contributed by atoms with Gasteiger partial charge in [0.1, 0.15) is 0 Å². The van der Waals surface area contributed by atoms with Crippen molar-refractivity contribution in [1.82, 2.24) is 18.8 Å². The van der Waals surface area contributed by atoms with E-state index in [1.165, 1.54) is 16.4 Å². The van der Waals surface area contributed by atoms with Gasteiger partial charge in [0.25, 0.3) is 5.91 Å². The largest absolute Gasteiger partial charge is 0.349 e. The lowest BCUT2D eigenvalue weighted by Crippen LogP contribution is -2.71. The number of hydrogen-bond acceptors (Lipinski definition) is 3. The topological polar surface area (TPSA) is 69.2 Å². The summed E-state index contributed by atoms with van der Waals surface area (Å²) >= 11 is 0. The third-order valence-corrected chi connectivity index (χ3v) is 6.40. The molecule has 0 aliphatic carbocycles. The first-order valence-corrected chi connectivity index (χ1v) is 9.34. The van der Waals surface area contributed by atoms with Gasteiger partial charge in [-0.2, -0.15) is 0 Å². The Bertz CT molecular complexity index is 1300. The van der Waals surface area contributed by atoms with Crippen LogP contribution < -0.4 is 11.4 Å². The van der Waals surface area contributed by atoms with E-state index in [2.05, 4.69) is 0 Å². The van der Waals surface area contributed by atoms with Crippen LogP contribution in [0.4, 0.5) is 0 Å². The van der Waals surface area contributed by atoms with E-state index >= 15 is 0 Å². The number of carbonyl (C=O) groups excluding carboxylic acids is 1. The van der Waals surface area contributed by atoms with Crippen LogP contribution in [0, 0.1) is 5.41 Å². The molecular weight excluding hydrogens is 356 g/mol. The van der Waals surface area contributed by atoms with Crippen molar-refractivity contribution in [3.05, 3.63) is 68.5 Å². The van der Waals surface area contributed by atoms with Crippen molar-refractivity contribution in [2.24, 2.45) is 12.5 Å². The maximum Gasteiger partial charge on any atom is 0.349 e. The Morgan fingerprint density at radius 3 is 2.29 bits per heavy atom. The fraction of sp³-hybridized carbons (Fsp3) is 0.381. The highest BCUT2D eigenvalue weighted by Gasteiger charge is 2.65. The predicted octanol–water partition coefficient (Wildman–Crippen LogP) is 1.62. The predicted molar refractivity (Wildman–Crippen MR) is 105 cm³/mol. The van der Waals surface area contributed by atoms with Gasteiger partial charge in [-0.25, -0.2) is 23.5 Å². The molecule has 7 nitrogen and oxygen atoms in total. The molecule has 0 saturated carbocycles. The van der Waals surface area contributed by atoms with E-state index in [1.807, 2.05) is 57.2 Å². The van der Waals surface area contributed by atoms with Crippen LogP contribution in [-0.2, 0) is 17.4 Å². The number of aromatic nitrogens is 3. The number of likely N-dealkylation sites (N-methyl/N-ethyl adjacent to an activating group) is 1. The normalized spacial score (nSPS) is 23.2. The van der Waals surface area contributed by atoms with Gasteiger partial charge >= 0.3 is 11.4 Å². The average Bonchev–Trinajstić information content (AvgIpc) is 2.88. The first kappa shape index (κ1) is 17.0. The smallest absolute Gasteiger partial charge is 0.317 e. The molecule has 0 N–H and O–H groups in total. The number of carbonyl (C=O) groups is 1. The summed E-state index contributed by atoms with van der Waals surface area (Å²) in [7, 11) is 3.17. The Balaban J connectivity index is 2.13. The van der Waals surface area contributed by atoms with E-state index in [-0.39, 0.29) is 5.91 Å². The summed E-state index contributed by atoms with van der Waals surface area (Å²) in [5.74, 6) is -0.165. The second-order valence-corrected chi connectivity index (χ2v) is 8.78. The molecule has 0 saturated heterocycles. The molecule has 3 aliphatic rings. The number of fused-ring (bicyclic) bond motifs is 2. The first-order valence-electron chi connectivity index (χ1n) is 9.34. The van der Waals surface area contributed by atoms with Crippen LogP contribution >= 0.6 is 0 Å². The molecule has 144 valence electrons. The van der Waals surface area contributed by atoms with Gasteiger partial charge in [0.2, 0.25) is 0 Å². The summed E-state index contributed by atoms with van der Waals surface area (Å²) in [6, 6.07) is 11.9. The van der Waals surface area contributed by atoms with Crippen LogP contribution in [0.1, 0.15) is 38.1 Å². The highest BCUT2D eigenvalue weighted by atomic mass is 16.2. The van der Waals surface area contributed by atoms with Crippen molar-refractivity contribution >= 4 is 16.7 Å². The molecule has 0 fully saturated rings. The third-order valence-electron chi connectivity index (χ3n) is 6.40. The van der Waals surface area contributed by atoms with Crippen molar-refractivity contribution in [2.45, 2.75) is 32.5 Å². The molecule has 4 heterocycles. The summed E-state index contributed by atoms with van der Waals surface area (Å²) in [6.45, 7) is 5.85. The van der Waals surface area contributed by atoms with Crippen molar-refractivity contribution in [1.29, 1.82) is 0 Å². The van der Waals surface area contributed by atoms with Crippen LogP contribution in [0.2, 0.25) is 0 Å². The fourth-order valence-electron chi connectivity index (χ4n) is 5.17. The molecule has 2 atom stereocenters. The minimum absolute atomic E-state index is 0.165. The van der Waals surface area contributed by atoms with Crippen molar-refractivity contribution < 1.29 is 4.79 Å². The first-order chi connectivity index (χ1) is 13.1. The minimum Gasteiger partial charge on any atom is -0.317 e. The number of amides is 1. The zero-order valence-corrected chi connectivity index (χ0v) is 16.6. The molecule has 1 amide bonds. The molecule has 2 aromatic carbocycles. The van der Waals surface area contributed by atoms with Crippen molar-refractivity contribution in [2.75, 3.05) is 7.05 Å². The Morgan fingerprint density at radius 1 is 0.929 bits per heavy atom. The second kappa shape index (κ2) is 4.84. The average molecular weight is 378 g/mol. The molecule has 2 bridgehead atoms. The summed E-state index contributed by atoms with van der Waals surface area (Å²) in [5.41, 5.74) is -1.14. The maximum absolute atomic E-state index is 13.8. The van der Waals surface area contributed by atoms with Gasteiger partial charge in [-0.3, -0.25) is 4.79 Å². The van der Waals surface area contributed by atoms with Gasteiger partial charge in [-0.15, -0.1) is 0 Å². The van der Waals surface area contributed by atoms with E-state index in [0.29, 0.717) is 0 Å². The summed E-state index contributed by atoms with van der Waals surface area (Å²) in [4.78, 5) is 41.6. The molecule has 0 spiro atoms. The van der Waals surface area contributed by atoms with E-state index < -0.39 is 28.5 Å². The van der Waals surface area contributed by atoms with Gasteiger partial charge in [-0.1, -0.05) is 57.2 Å². The quantitative estimate of drug-likeness (QED) is 0.597. The standard InChI is InChI=1S/C21H22N4O3/c1-20(2,3)21-15-13-9-7-6-8-12(13)10-11-14(15)16(22(4)17(21)26)24-18(27)23(5)19(28)25(21)24/h6-11,16H,1-5H3. The van der Waals surface area contributed by atoms with Gasteiger partial charge in [0, 0.05) is 30.6 Å². The van der Waals surface area contributed by atoms with E-state index in [4.69, 9.17) is 0 Å². The molecule has 6 rings (SSSR count). The summed E-state index contributed by atoms with van der Waals surface area (Å²) in [6.07, 6.45) is -0.641. The molecule has 2 unspecified atom stereocenters. The van der Waals surface area contributed by atoms with Gasteiger partial charge < -0.3 is 4.90 Å². The van der Waals surface area contributed by atoms with Gasteiger partial charge in [0.15, 0.2) is 11.7 Å². The second-order valence-electron chi connectivity index (χ2n) is 8.78. The highest BCUT2D eigenvalue weighted by molar-refractivity contribution is 6.00. The highest BCUT2D eigenvalue weighted by Crippen LogP contribution is 2.55.